The Morgan fingerprint density at radius 1 is 1.08 bits per heavy atom. The first-order chi connectivity index (χ1) is 11.6. The molecule has 0 spiro atoms. The summed E-state index contributed by atoms with van der Waals surface area (Å²) in [6, 6.07) is 6.58. The molecule has 2 fully saturated rings. The van der Waals surface area contributed by atoms with Crippen LogP contribution in [0.15, 0.2) is 24.3 Å². The lowest BCUT2D eigenvalue weighted by Crippen LogP contribution is -2.46. The summed E-state index contributed by atoms with van der Waals surface area (Å²) in [5.41, 5.74) is 0.488. The molecule has 1 N–H and O–H groups in total. The van der Waals surface area contributed by atoms with Crippen molar-refractivity contribution >= 4 is 29.3 Å². The second-order valence-electron chi connectivity index (χ2n) is 6.11. The van der Waals surface area contributed by atoms with Crippen LogP contribution in [0, 0.1) is 0 Å². The molecule has 1 aromatic rings. The van der Waals surface area contributed by atoms with Crippen molar-refractivity contribution in [3.63, 3.8) is 0 Å². The van der Waals surface area contributed by atoms with Gasteiger partial charge in [0.15, 0.2) is 0 Å². The maximum absolute atomic E-state index is 12.6. The van der Waals surface area contributed by atoms with Crippen LogP contribution in [-0.2, 0) is 9.59 Å². The largest absolute Gasteiger partial charge is 0.344 e. The SMILES string of the molecule is O=C1CCC(C(=O)N2CCCN(C(=O)c3ccccc3Cl)CC2)N1. The highest BCUT2D eigenvalue weighted by Crippen LogP contribution is 2.19. The highest BCUT2D eigenvalue weighted by molar-refractivity contribution is 6.33. The second-order valence-corrected chi connectivity index (χ2v) is 6.52. The van der Waals surface area contributed by atoms with Gasteiger partial charge in [0.2, 0.25) is 11.8 Å². The number of halogens is 1. The van der Waals surface area contributed by atoms with E-state index in [4.69, 9.17) is 11.6 Å². The Morgan fingerprint density at radius 3 is 2.50 bits per heavy atom. The molecule has 2 saturated heterocycles. The smallest absolute Gasteiger partial charge is 0.255 e. The predicted octanol–water partition coefficient (Wildman–Crippen LogP) is 1.29. The number of nitrogens with zero attached hydrogens (tertiary/aromatic N) is 2. The Kier molecular flexibility index (Phi) is 5.04. The van der Waals surface area contributed by atoms with Crippen molar-refractivity contribution < 1.29 is 14.4 Å². The van der Waals surface area contributed by atoms with Crippen LogP contribution in [0.2, 0.25) is 5.02 Å². The van der Waals surface area contributed by atoms with E-state index >= 15 is 0 Å². The van der Waals surface area contributed by atoms with Crippen molar-refractivity contribution in [3.8, 4) is 0 Å². The number of nitrogens with one attached hydrogen (secondary N) is 1. The minimum atomic E-state index is -0.414. The lowest BCUT2D eigenvalue weighted by Gasteiger charge is -2.24. The van der Waals surface area contributed by atoms with Gasteiger partial charge in [-0.3, -0.25) is 14.4 Å². The molecule has 7 heteroatoms. The first-order valence-corrected chi connectivity index (χ1v) is 8.56. The highest BCUT2D eigenvalue weighted by atomic mass is 35.5. The van der Waals surface area contributed by atoms with Crippen LogP contribution >= 0.6 is 11.6 Å². The molecule has 2 aliphatic heterocycles. The zero-order valence-electron chi connectivity index (χ0n) is 13.3. The number of hydrogen-bond donors (Lipinski definition) is 1. The van der Waals surface area contributed by atoms with Gasteiger partial charge in [0.05, 0.1) is 10.6 Å². The molecule has 2 heterocycles. The topological polar surface area (TPSA) is 69.7 Å². The van der Waals surface area contributed by atoms with Crippen LogP contribution in [0.5, 0.6) is 0 Å². The van der Waals surface area contributed by atoms with Crippen LogP contribution in [0.4, 0.5) is 0 Å². The molecule has 1 aromatic carbocycles. The maximum atomic E-state index is 12.6. The van der Waals surface area contributed by atoms with Gasteiger partial charge in [-0.15, -0.1) is 0 Å². The van der Waals surface area contributed by atoms with Gasteiger partial charge in [-0.05, 0) is 25.0 Å². The number of carbonyl (C=O) groups excluding carboxylic acids is 3. The van der Waals surface area contributed by atoms with E-state index in [-0.39, 0.29) is 17.7 Å². The summed E-state index contributed by atoms with van der Waals surface area (Å²) in [7, 11) is 0. The summed E-state index contributed by atoms with van der Waals surface area (Å²) in [6.07, 6.45) is 1.67. The molecule has 2 aliphatic rings. The molecule has 0 radical (unpaired) electrons. The lowest BCUT2D eigenvalue weighted by molar-refractivity contribution is -0.134. The van der Waals surface area contributed by atoms with E-state index in [0.717, 1.165) is 0 Å². The number of carbonyl (C=O) groups is 3. The van der Waals surface area contributed by atoms with Crippen molar-refractivity contribution in [1.29, 1.82) is 0 Å². The van der Waals surface area contributed by atoms with E-state index in [1.807, 2.05) is 0 Å². The number of hydrogen-bond acceptors (Lipinski definition) is 3. The van der Waals surface area contributed by atoms with Crippen LogP contribution in [0.3, 0.4) is 0 Å². The van der Waals surface area contributed by atoms with Crippen LogP contribution in [0.25, 0.3) is 0 Å². The zero-order chi connectivity index (χ0) is 17.1. The molecule has 0 saturated carbocycles. The van der Waals surface area contributed by atoms with Gasteiger partial charge in [0.1, 0.15) is 6.04 Å². The summed E-state index contributed by atoms with van der Waals surface area (Å²) in [4.78, 5) is 39.9. The van der Waals surface area contributed by atoms with Crippen molar-refractivity contribution in [2.45, 2.75) is 25.3 Å². The lowest BCUT2D eigenvalue weighted by atomic mass is 10.2. The highest BCUT2D eigenvalue weighted by Gasteiger charge is 2.32. The molecular weight excluding hydrogens is 330 g/mol. The van der Waals surface area contributed by atoms with E-state index in [0.29, 0.717) is 56.0 Å². The van der Waals surface area contributed by atoms with Gasteiger partial charge in [-0.1, -0.05) is 23.7 Å². The fraction of sp³-hybridized carbons (Fsp3) is 0.471. The quantitative estimate of drug-likeness (QED) is 0.874. The summed E-state index contributed by atoms with van der Waals surface area (Å²) in [5, 5.41) is 3.15. The second kappa shape index (κ2) is 7.21. The molecule has 1 atom stereocenters. The molecule has 24 heavy (non-hydrogen) atoms. The average Bonchev–Trinajstić information content (AvgIpc) is 2.87. The molecule has 6 nitrogen and oxygen atoms in total. The standard InChI is InChI=1S/C17H20ClN3O3/c18-13-5-2-1-4-12(13)16(23)20-8-3-9-21(11-10-20)17(24)14-6-7-15(22)19-14/h1-2,4-5,14H,3,6-11H2,(H,19,22). The third-order valence-electron chi connectivity index (χ3n) is 4.49. The van der Waals surface area contributed by atoms with Crippen molar-refractivity contribution in [1.82, 2.24) is 15.1 Å². The molecule has 0 aromatic heterocycles. The third kappa shape index (κ3) is 3.53. The van der Waals surface area contributed by atoms with Gasteiger partial charge in [0, 0.05) is 32.6 Å². The molecule has 3 rings (SSSR count). The zero-order valence-corrected chi connectivity index (χ0v) is 14.1. The Hall–Kier alpha value is -2.08. The molecule has 0 aliphatic carbocycles. The van der Waals surface area contributed by atoms with Crippen molar-refractivity contribution in [3.05, 3.63) is 34.9 Å². The summed E-state index contributed by atoms with van der Waals surface area (Å²) >= 11 is 6.11. The van der Waals surface area contributed by atoms with Crippen LogP contribution in [-0.4, -0.2) is 59.7 Å². The Bertz CT molecular complexity index is 664. The van der Waals surface area contributed by atoms with E-state index in [9.17, 15) is 14.4 Å². The molecule has 3 amide bonds. The normalized spacial score (nSPS) is 21.4. The minimum Gasteiger partial charge on any atom is -0.344 e. The van der Waals surface area contributed by atoms with Crippen molar-refractivity contribution in [2.75, 3.05) is 26.2 Å². The molecule has 128 valence electrons. The monoisotopic (exact) mass is 349 g/mol. The summed E-state index contributed by atoms with van der Waals surface area (Å²) < 4.78 is 0. The fourth-order valence-corrected chi connectivity index (χ4v) is 3.38. The molecule has 1 unspecified atom stereocenters. The van der Waals surface area contributed by atoms with Gasteiger partial charge in [-0.2, -0.15) is 0 Å². The molecule has 0 bridgehead atoms. The van der Waals surface area contributed by atoms with Gasteiger partial charge < -0.3 is 15.1 Å². The number of benzene rings is 1. The number of amides is 3. The van der Waals surface area contributed by atoms with Crippen molar-refractivity contribution in [2.24, 2.45) is 0 Å². The van der Waals surface area contributed by atoms with E-state index < -0.39 is 6.04 Å². The fourth-order valence-electron chi connectivity index (χ4n) is 3.17. The predicted molar refractivity (Wildman–Crippen MR) is 89.7 cm³/mol. The van der Waals surface area contributed by atoms with Gasteiger partial charge in [-0.25, -0.2) is 0 Å². The van der Waals surface area contributed by atoms with Gasteiger partial charge in [0.25, 0.3) is 5.91 Å². The Morgan fingerprint density at radius 2 is 1.79 bits per heavy atom. The Labute approximate surface area is 145 Å². The number of rotatable bonds is 2. The first-order valence-electron chi connectivity index (χ1n) is 8.18. The first kappa shape index (κ1) is 16.8. The summed E-state index contributed by atoms with van der Waals surface area (Å²) in [6.45, 7) is 2.13. The van der Waals surface area contributed by atoms with Gasteiger partial charge >= 0.3 is 0 Å². The minimum absolute atomic E-state index is 0.0482. The van der Waals surface area contributed by atoms with Crippen LogP contribution < -0.4 is 5.32 Å². The van der Waals surface area contributed by atoms with E-state index in [1.54, 1.807) is 34.1 Å². The average molecular weight is 350 g/mol. The Balaban J connectivity index is 1.63. The maximum Gasteiger partial charge on any atom is 0.255 e. The van der Waals surface area contributed by atoms with E-state index in [2.05, 4.69) is 5.32 Å². The van der Waals surface area contributed by atoms with Crippen LogP contribution in [0.1, 0.15) is 29.6 Å². The molecular formula is C17H20ClN3O3. The van der Waals surface area contributed by atoms with E-state index in [1.165, 1.54) is 0 Å². The third-order valence-corrected chi connectivity index (χ3v) is 4.82. The summed E-state index contributed by atoms with van der Waals surface area (Å²) in [5.74, 6) is -0.226.